The van der Waals surface area contributed by atoms with Gasteiger partial charge in [-0.15, -0.1) is 0 Å². The summed E-state index contributed by atoms with van der Waals surface area (Å²) in [4.78, 5) is 60.0. The van der Waals surface area contributed by atoms with Crippen LogP contribution < -0.4 is 21.3 Å². The van der Waals surface area contributed by atoms with Gasteiger partial charge in [0.25, 0.3) is 11.8 Å². The number of carbonyl (C=O) groups is 4. The second kappa shape index (κ2) is 27.1. The lowest BCUT2D eigenvalue weighted by atomic mass is 9.89. The van der Waals surface area contributed by atoms with Gasteiger partial charge in [0.1, 0.15) is 23.8 Å². The number of aliphatic hydroxyl groups excluding tert-OH is 2. The Kier molecular flexibility index (Phi) is 21.1. The summed E-state index contributed by atoms with van der Waals surface area (Å²) in [6.45, 7) is 20.8. The predicted octanol–water partition coefficient (Wildman–Crippen LogP) is 8.56. The number of aromatic nitrogens is 8. The standard InChI is InChI=1S/2C27H38N6O4/c2*1-6-7-8-20(24(34)25(35)31-23-13-14-29-32-23)30-26(36)37-22(27(3,4)5)16-33-15-21(28-17-33)19-11-9-18(2)10-12-19/h2*9-15,17,20,22,24,34H,6-8,16H2,1-5H3,(H,30,36)(H2,29,31,32,35)/t20-,22+,24+;20-,22+,24-/m00/s1. The lowest BCUT2D eigenvalue weighted by Gasteiger charge is -2.31. The zero-order valence-corrected chi connectivity index (χ0v) is 44.4. The topological polar surface area (TPSA) is 268 Å². The number of nitrogens with zero attached hydrogens (tertiary/aromatic N) is 6. The quantitative estimate of drug-likeness (QED) is 0.0318. The molecule has 2 aromatic carbocycles. The Morgan fingerprint density at radius 3 is 1.27 bits per heavy atom. The minimum atomic E-state index is -1.46. The maximum Gasteiger partial charge on any atom is 0.407 e. The number of alkyl carbamates (subject to hydrolysis) is 2. The first-order valence-corrected chi connectivity index (χ1v) is 25.2. The van der Waals surface area contributed by atoms with E-state index in [1.807, 2.05) is 139 Å². The van der Waals surface area contributed by atoms with Crippen molar-refractivity contribution in [3.8, 4) is 22.5 Å². The molecule has 0 unspecified atom stereocenters. The van der Waals surface area contributed by atoms with Crippen molar-refractivity contribution in [1.29, 1.82) is 0 Å². The number of carbonyl (C=O) groups excluding carboxylic acids is 4. The molecule has 20 nitrogen and oxygen atoms in total. The van der Waals surface area contributed by atoms with E-state index in [1.54, 1.807) is 24.8 Å². The molecule has 4 amide bonds. The molecule has 0 radical (unpaired) electrons. The molecule has 6 atom stereocenters. The van der Waals surface area contributed by atoms with Gasteiger partial charge in [0.05, 0.1) is 61.6 Å². The van der Waals surface area contributed by atoms with E-state index in [9.17, 15) is 29.4 Å². The molecule has 20 heteroatoms. The molecule has 0 aliphatic carbocycles. The van der Waals surface area contributed by atoms with Gasteiger partial charge in [0.2, 0.25) is 0 Å². The van der Waals surface area contributed by atoms with Gasteiger partial charge in [0, 0.05) is 46.5 Å². The number of rotatable bonds is 22. The van der Waals surface area contributed by atoms with Crippen molar-refractivity contribution in [3.05, 3.63) is 109 Å². The lowest BCUT2D eigenvalue weighted by Crippen LogP contribution is -2.50. The normalized spacial score (nSPS) is 14.0. The van der Waals surface area contributed by atoms with Gasteiger partial charge in [-0.05, 0) is 26.7 Å². The molecule has 6 rings (SSSR count). The second-order valence-corrected chi connectivity index (χ2v) is 20.8. The Labute approximate surface area is 433 Å². The van der Waals surface area contributed by atoms with Gasteiger partial charge in [-0.2, -0.15) is 10.2 Å². The van der Waals surface area contributed by atoms with Crippen molar-refractivity contribution >= 4 is 35.6 Å². The number of imidazole rings is 2. The molecule has 0 saturated heterocycles. The van der Waals surface area contributed by atoms with Crippen molar-refractivity contribution in [2.24, 2.45) is 10.8 Å². The Bertz CT molecular complexity index is 2450. The fourth-order valence-electron chi connectivity index (χ4n) is 7.55. The van der Waals surface area contributed by atoms with Crippen molar-refractivity contribution in [3.63, 3.8) is 0 Å². The number of H-pyrrole nitrogens is 2. The molecule has 0 saturated carbocycles. The molecular formula is C54H76N12O8. The lowest BCUT2D eigenvalue weighted by molar-refractivity contribution is -0.126. The molecule has 0 fully saturated rings. The monoisotopic (exact) mass is 1020 g/mol. The van der Waals surface area contributed by atoms with Gasteiger partial charge in [0.15, 0.2) is 12.2 Å². The van der Waals surface area contributed by atoms with Crippen LogP contribution in [0.5, 0.6) is 0 Å². The summed E-state index contributed by atoms with van der Waals surface area (Å²) in [5, 5.41) is 44.7. The molecule has 4 heterocycles. The van der Waals surface area contributed by atoms with Gasteiger partial charge in [-0.1, -0.05) is 141 Å². The number of hydrogen-bond donors (Lipinski definition) is 8. The smallest absolute Gasteiger partial charge is 0.407 e. The highest BCUT2D eigenvalue weighted by atomic mass is 16.6. The number of aryl methyl sites for hydroxylation is 2. The van der Waals surface area contributed by atoms with Crippen LogP contribution in [0.2, 0.25) is 0 Å². The molecule has 0 aliphatic rings. The van der Waals surface area contributed by atoms with Crippen LogP contribution in [0.1, 0.15) is 105 Å². The van der Waals surface area contributed by atoms with Crippen LogP contribution in [0.4, 0.5) is 21.2 Å². The van der Waals surface area contributed by atoms with Crippen LogP contribution in [-0.4, -0.2) is 110 Å². The average Bonchev–Trinajstić information content (AvgIpc) is 4.22. The Morgan fingerprint density at radius 1 is 0.595 bits per heavy atom. The van der Waals surface area contributed by atoms with E-state index in [0.717, 1.165) is 48.2 Å². The van der Waals surface area contributed by atoms with Crippen LogP contribution in [0.3, 0.4) is 0 Å². The minimum Gasteiger partial charge on any atom is -0.444 e. The van der Waals surface area contributed by atoms with Crippen molar-refractivity contribution < 1.29 is 38.9 Å². The highest BCUT2D eigenvalue weighted by molar-refractivity contribution is 5.94. The number of aromatic amines is 2. The summed E-state index contributed by atoms with van der Waals surface area (Å²) >= 11 is 0. The Morgan fingerprint density at radius 2 is 0.959 bits per heavy atom. The maximum absolute atomic E-state index is 12.9. The van der Waals surface area contributed by atoms with Gasteiger partial charge < -0.3 is 50.1 Å². The number of aliphatic hydroxyl groups is 2. The number of amides is 4. The van der Waals surface area contributed by atoms with Crippen LogP contribution in [0.15, 0.2) is 98.1 Å². The summed E-state index contributed by atoms with van der Waals surface area (Å²) in [5.41, 5.74) is 5.30. The van der Waals surface area contributed by atoms with Crippen molar-refractivity contribution in [2.75, 3.05) is 10.6 Å². The van der Waals surface area contributed by atoms with E-state index in [-0.39, 0.29) is 10.8 Å². The van der Waals surface area contributed by atoms with E-state index in [0.29, 0.717) is 37.6 Å². The minimum absolute atomic E-state index is 0.360. The summed E-state index contributed by atoms with van der Waals surface area (Å²) in [6, 6.07) is 17.8. The molecule has 0 spiro atoms. The van der Waals surface area contributed by atoms with Crippen LogP contribution in [0, 0.1) is 24.7 Å². The molecule has 0 aliphatic heterocycles. The maximum atomic E-state index is 12.9. The van der Waals surface area contributed by atoms with E-state index >= 15 is 0 Å². The number of benzene rings is 2. The second-order valence-electron chi connectivity index (χ2n) is 20.8. The SMILES string of the molecule is CCCC[C@H](NC(=O)O[C@H](Cn1cnc(-c2ccc(C)cc2)c1)C(C)(C)C)[C@@H](O)C(=O)Nc1ccn[nH]1.CCCC[C@H](NC(=O)O[C@H](Cn1cnc(-c2ccc(C)cc2)c1)C(C)(C)C)[C@H](O)C(=O)Nc1ccn[nH]1. The predicted molar refractivity (Wildman–Crippen MR) is 284 cm³/mol. The number of unbranched alkanes of at least 4 members (excludes halogenated alkanes) is 2. The summed E-state index contributed by atoms with van der Waals surface area (Å²) in [5.74, 6) is -0.557. The molecule has 6 aromatic rings. The molecule has 74 heavy (non-hydrogen) atoms. The fraction of sp³-hybridized carbons (Fsp3) is 0.481. The average molecular weight is 1020 g/mol. The van der Waals surface area contributed by atoms with E-state index in [2.05, 4.69) is 51.6 Å². The van der Waals surface area contributed by atoms with Crippen molar-refractivity contribution in [2.45, 2.75) is 157 Å². The zero-order valence-electron chi connectivity index (χ0n) is 44.4. The summed E-state index contributed by atoms with van der Waals surface area (Å²) < 4.78 is 15.5. The summed E-state index contributed by atoms with van der Waals surface area (Å²) in [6.07, 6.45) is 8.99. The van der Waals surface area contributed by atoms with Crippen LogP contribution in [0.25, 0.3) is 22.5 Å². The first-order valence-electron chi connectivity index (χ1n) is 25.2. The van der Waals surface area contributed by atoms with Crippen LogP contribution in [-0.2, 0) is 32.2 Å². The first kappa shape index (κ1) is 57.6. The third-order valence-electron chi connectivity index (χ3n) is 12.3. The van der Waals surface area contributed by atoms with Crippen molar-refractivity contribution in [1.82, 2.24) is 50.1 Å². The van der Waals surface area contributed by atoms with E-state index in [4.69, 9.17) is 9.47 Å². The number of nitrogens with one attached hydrogen (secondary N) is 6. The third kappa shape index (κ3) is 18.0. The fourth-order valence-corrected chi connectivity index (χ4v) is 7.55. The summed E-state index contributed by atoms with van der Waals surface area (Å²) in [7, 11) is 0. The largest absolute Gasteiger partial charge is 0.444 e. The molecule has 400 valence electrons. The van der Waals surface area contributed by atoms with Gasteiger partial charge in [-0.25, -0.2) is 19.6 Å². The molecule has 4 aromatic heterocycles. The Hall–Kier alpha value is -7.32. The number of ether oxygens (including phenoxy) is 2. The third-order valence-corrected chi connectivity index (χ3v) is 12.3. The van der Waals surface area contributed by atoms with E-state index < -0.39 is 60.5 Å². The highest BCUT2D eigenvalue weighted by Gasteiger charge is 2.34. The zero-order chi connectivity index (χ0) is 54.0. The number of anilines is 2. The highest BCUT2D eigenvalue weighted by Crippen LogP contribution is 2.27. The van der Waals surface area contributed by atoms with Crippen LogP contribution >= 0.6 is 0 Å². The van der Waals surface area contributed by atoms with Gasteiger partial charge >= 0.3 is 12.2 Å². The first-order chi connectivity index (χ1) is 35.1. The van der Waals surface area contributed by atoms with E-state index in [1.165, 1.54) is 23.5 Å². The number of hydrogen-bond acceptors (Lipinski definition) is 12. The molecule has 0 bridgehead atoms. The molecular weight excluding hydrogens is 945 g/mol. The van der Waals surface area contributed by atoms with Gasteiger partial charge in [-0.3, -0.25) is 19.8 Å². The Balaban J connectivity index is 0.000000274. The molecule has 8 N–H and O–H groups in total.